The third-order valence-corrected chi connectivity index (χ3v) is 3.47. The lowest BCUT2D eigenvalue weighted by atomic mass is 10.2. The Morgan fingerprint density at radius 2 is 2.00 bits per heavy atom. The molecular weight excluding hydrogens is 306 g/mol. The number of methoxy groups -OCH3 is 2. The van der Waals surface area contributed by atoms with Crippen LogP contribution < -0.4 is 20.1 Å². The first-order valence-corrected chi connectivity index (χ1v) is 7.91. The van der Waals surface area contributed by atoms with Crippen LogP contribution in [0.5, 0.6) is 11.5 Å². The van der Waals surface area contributed by atoms with E-state index in [-0.39, 0.29) is 5.91 Å². The maximum atomic E-state index is 11.7. The van der Waals surface area contributed by atoms with Crippen LogP contribution in [0, 0.1) is 0 Å². The molecule has 6 heteroatoms. The first-order valence-electron chi connectivity index (χ1n) is 7.91. The van der Waals surface area contributed by atoms with Crippen molar-refractivity contribution in [2.45, 2.75) is 26.2 Å². The summed E-state index contributed by atoms with van der Waals surface area (Å²) < 4.78 is 10.6. The number of carbonyl (C=O) groups is 1. The zero-order valence-electron chi connectivity index (χ0n) is 14.3. The van der Waals surface area contributed by atoms with Crippen LogP contribution in [0.15, 0.2) is 36.5 Å². The van der Waals surface area contributed by atoms with Gasteiger partial charge < -0.3 is 20.1 Å². The first kappa shape index (κ1) is 17.6. The summed E-state index contributed by atoms with van der Waals surface area (Å²) in [7, 11) is 3.22. The molecule has 1 aromatic heterocycles. The second kappa shape index (κ2) is 8.76. The molecule has 2 rings (SSSR count). The van der Waals surface area contributed by atoms with Gasteiger partial charge in [-0.25, -0.2) is 4.98 Å². The molecule has 1 amide bonds. The van der Waals surface area contributed by atoms with Crippen molar-refractivity contribution >= 4 is 23.1 Å². The molecule has 24 heavy (non-hydrogen) atoms. The van der Waals surface area contributed by atoms with Gasteiger partial charge in [0.05, 0.1) is 31.8 Å². The van der Waals surface area contributed by atoms with Crippen molar-refractivity contribution in [2.24, 2.45) is 0 Å². The fourth-order valence-electron chi connectivity index (χ4n) is 2.15. The minimum absolute atomic E-state index is 0.00817. The summed E-state index contributed by atoms with van der Waals surface area (Å²) in [6.07, 6.45) is 4.03. The molecule has 6 nitrogen and oxygen atoms in total. The lowest BCUT2D eigenvalue weighted by molar-refractivity contribution is -0.116. The van der Waals surface area contributed by atoms with Crippen molar-refractivity contribution in [1.29, 1.82) is 0 Å². The molecule has 0 aliphatic carbocycles. The lowest BCUT2D eigenvalue weighted by Crippen LogP contribution is -2.11. The fourth-order valence-corrected chi connectivity index (χ4v) is 2.15. The van der Waals surface area contributed by atoms with Gasteiger partial charge in [0.15, 0.2) is 0 Å². The number of hydrogen-bond acceptors (Lipinski definition) is 5. The summed E-state index contributed by atoms with van der Waals surface area (Å²) >= 11 is 0. The number of nitrogens with zero attached hydrogens (tertiary/aromatic N) is 1. The Morgan fingerprint density at radius 1 is 1.17 bits per heavy atom. The zero-order valence-corrected chi connectivity index (χ0v) is 14.3. The largest absolute Gasteiger partial charge is 0.497 e. The van der Waals surface area contributed by atoms with Gasteiger partial charge in [0.1, 0.15) is 17.3 Å². The maximum Gasteiger partial charge on any atom is 0.224 e. The number of anilines is 3. The zero-order chi connectivity index (χ0) is 17.4. The quantitative estimate of drug-likeness (QED) is 0.766. The van der Waals surface area contributed by atoms with Crippen molar-refractivity contribution in [2.75, 3.05) is 24.9 Å². The smallest absolute Gasteiger partial charge is 0.224 e. The molecule has 2 N–H and O–H groups in total. The van der Waals surface area contributed by atoms with Crippen LogP contribution in [0.1, 0.15) is 26.2 Å². The minimum atomic E-state index is 0.00817. The summed E-state index contributed by atoms with van der Waals surface area (Å²) in [5.41, 5.74) is 1.43. The Balaban J connectivity index is 2.05. The highest BCUT2D eigenvalue weighted by Crippen LogP contribution is 2.31. The lowest BCUT2D eigenvalue weighted by Gasteiger charge is -2.12. The van der Waals surface area contributed by atoms with E-state index in [9.17, 15) is 4.79 Å². The molecule has 0 spiro atoms. The number of nitrogens with one attached hydrogen (secondary N) is 2. The first-order chi connectivity index (χ1) is 11.7. The second-order valence-electron chi connectivity index (χ2n) is 5.28. The van der Waals surface area contributed by atoms with Crippen molar-refractivity contribution in [3.8, 4) is 11.5 Å². The summed E-state index contributed by atoms with van der Waals surface area (Å²) in [5.74, 6) is 2.06. The summed E-state index contributed by atoms with van der Waals surface area (Å²) in [6.45, 7) is 2.06. The number of rotatable bonds is 8. The Bertz CT molecular complexity index is 672. The summed E-state index contributed by atoms with van der Waals surface area (Å²) in [4.78, 5) is 16.0. The molecule has 0 unspecified atom stereocenters. The predicted molar refractivity (Wildman–Crippen MR) is 95.2 cm³/mol. The van der Waals surface area contributed by atoms with E-state index < -0.39 is 0 Å². The van der Waals surface area contributed by atoms with E-state index in [0.29, 0.717) is 23.7 Å². The standard InChI is InChI=1S/C18H23N3O3/c1-4-5-6-18(22)20-13-7-10-17(19-12-13)21-15-11-14(23-2)8-9-16(15)24-3/h7-12H,4-6H2,1-3H3,(H,19,21)(H,20,22). The summed E-state index contributed by atoms with van der Waals surface area (Å²) in [5, 5.41) is 6.02. The van der Waals surface area contributed by atoms with Gasteiger partial charge in [-0.15, -0.1) is 0 Å². The van der Waals surface area contributed by atoms with Gasteiger partial charge in [0.2, 0.25) is 5.91 Å². The van der Waals surface area contributed by atoms with Crippen molar-refractivity contribution in [1.82, 2.24) is 4.98 Å². The fraction of sp³-hybridized carbons (Fsp3) is 0.333. The minimum Gasteiger partial charge on any atom is -0.497 e. The molecule has 1 heterocycles. The number of pyridine rings is 1. The van der Waals surface area contributed by atoms with E-state index in [2.05, 4.69) is 22.5 Å². The van der Waals surface area contributed by atoms with Gasteiger partial charge in [-0.1, -0.05) is 13.3 Å². The molecular formula is C18H23N3O3. The third-order valence-electron chi connectivity index (χ3n) is 3.47. The number of ether oxygens (including phenoxy) is 2. The number of benzene rings is 1. The molecule has 0 aliphatic heterocycles. The van der Waals surface area contributed by atoms with E-state index in [4.69, 9.17) is 9.47 Å². The Hall–Kier alpha value is -2.76. The predicted octanol–water partition coefficient (Wildman–Crippen LogP) is 3.97. The third kappa shape index (κ3) is 4.87. The molecule has 2 aromatic rings. The highest BCUT2D eigenvalue weighted by molar-refractivity contribution is 5.90. The van der Waals surface area contributed by atoms with Gasteiger partial charge in [0.25, 0.3) is 0 Å². The van der Waals surface area contributed by atoms with E-state index in [1.165, 1.54) is 0 Å². The van der Waals surface area contributed by atoms with Gasteiger partial charge in [-0.3, -0.25) is 4.79 Å². The highest BCUT2D eigenvalue weighted by atomic mass is 16.5. The SMILES string of the molecule is CCCCC(=O)Nc1ccc(Nc2cc(OC)ccc2OC)nc1. The number of unbranched alkanes of at least 4 members (excludes halogenated alkanes) is 1. The van der Waals surface area contributed by atoms with Gasteiger partial charge in [0, 0.05) is 12.5 Å². The molecule has 128 valence electrons. The Labute approximate surface area is 142 Å². The van der Waals surface area contributed by atoms with Crippen molar-refractivity contribution < 1.29 is 14.3 Å². The number of carbonyl (C=O) groups excluding carboxylic acids is 1. The number of hydrogen-bond donors (Lipinski definition) is 2. The van der Waals surface area contributed by atoms with Crippen molar-refractivity contribution in [3.05, 3.63) is 36.5 Å². The topological polar surface area (TPSA) is 72.5 Å². The van der Waals surface area contributed by atoms with E-state index in [1.54, 1.807) is 26.5 Å². The van der Waals surface area contributed by atoms with Crippen molar-refractivity contribution in [3.63, 3.8) is 0 Å². The molecule has 0 bridgehead atoms. The van der Waals surface area contributed by atoms with Crippen LogP contribution in [-0.4, -0.2) is 25.1 Å². The molecule has 0 aliphatic rings. The van der Waals surface area contributed by atoms with Crippen LogP contribution in [0.25, 0.3) is 0 Å². The van der Waals surface area contributed by atoms with E-state index in [1.807, 2.05) is 24.3 Å². The normalized spacial score (nSPS) is 10.1. The molecule has 1 aromatic carbocycles. The second-order valence-corrected chi connectivity index (χ2v) is 5.28. The molecule has 0 fully saturated rings. The number of aromatic nitrogens is 1. The van der Waals surface area contributed by atoms with Crippen LogP contribution in [0.3, 0.4) is 0 Å². The van der Waals surface area contributed by atoms with E-state index in [0.717, 1.165) is 24.3 Å². The number of amides is 1. The molecule has 0 saturated heterocycles. The Kier molecular flexibility index (Phi) is 6.42. The Morgan fingerprint density at radius 3 is 2.62 bits per heavy atom. The monoisotopic (exact) mass is 329 g/mol. The highest BCUT2D eigenvalue weighted by Gasteiger charge is 2.07. The molecule has 0 radical (unpaired) electrons. The van der Waals surface area contributed by atoms with Crippen LogP contribution in [-0.2, 0) is 4.79 Å². The van der Waals surface area contributed by atoms with E-state index >= 15 is 0 Å². The molecule has 0 atom stereocenters. The maximum absolute atomic E-state index is 11.7. The average Bonchev–Trinajstić information content (AvgIpc) is 2.61. The van der Waals surface area contributed by atoms with Gasteiger partial charge in [-0.2, -0.15) is 0 Å². The van der Waals surface area contributed by atoms with Gasteiger partial charge >= 0.3 is 0 Å². The molecule has 0 saturated carbocycles. The van der Waals surface area contributed by atoms with Crippen LogP contribution >= 0.6 is 0 Å². The van der Waals surface area contributed by atoms with Crippen LogP contribution in [0.2, 0.25) is 0 Å². The van der Waals surface area contributed by atoms with Gasteiger partial charge in [-0.05, 0) is 30.7 Å². The van der Waals surface area contributed by atoms with Crippen LogP contribution in [0.4, 0.5) is 17.2 Å². The average molecular weight is 329 g/mol. The summed E-state index contributed by atoms with van der Waals surface area (Å²) in [6, 6.07) is 9.09.